The Labute approximate surface area is 91.8 Å². The first-order chi connectivity index (χ1) is 6.09. The maximum atomic E-state index is 5.69. The molecule has 1 unspecified atom stereocenters. The van der Waals surface area contributed by atoms with Crippen LogP contribution in [-0.2, 0) is 6.42 Å². The average Bonchev–Trinajstić information content (AvgIpc) is 2.51. The number of nitrogens with two attached hydrogens (primary N) is 1. The van der Waals surface area contributed by atoms with Gasteiger partial charge in [0.2, 0.25) is 0 Å². The summed E-state index contributed by atoms with van der Waals surface area (Å²) in [5.41, 5.74) is 5.73. The zero-order chi connectivity index (χ0) is 9.90. The van der Waals surface area contributed by atoms with Crippen molar-refractivity contribution in [3.63, 3.8) is 0 Å². The van der Waals surface area contributed by atoms with Crippen LogP contribution >= 0.6 is 27.3 Å². The lowest BCUT2D eigenvalue weighted by Gasteiger charge is -2.22. The highest BCUT2D eigenvalue weighted by atomic mass is 79.9. The molecule has 1 heterocycles. The second-order valence-electron chi connectivity index (χ2n) is 3.47. The molecule has 0 bridgehead atoms. The lowest BCUT2D eigenvalue weighted by atomic mass is 9.86. The van der Waals surface area contributed by atoms with Crippen molar-refractivity contribution in [2.24, 2.45) is 11.1 Å². The van der Waals surface area contributed by atoms with E-state index in [1.54, 1.807) is 11.3 Å². The van der Waals surface area contributed by atoms with E-state index in [9.17, 15) is 0 Å². The van der Waals surface area contributed by atoms with Crippen LogP contribution in [0, 0.1) is 5.41 Å². The highest BCUT2D eigenvalue weighted by Gasteiger charge is 2.19. The summed E-state index contributed by atoms with van der Waals surface area (Å²) in [4.78, 5) is 1.35. The standard InChI is InChI=1S/C10H14BrNS/c1-3-10(2,7-12)5-9-4-8(11)6-13-9/h3-4,6H,1,5,7,12H2,2H3. The molecular formula is C10H14BrNS. The maximum Gasteiger partial charge on any atom is 0.0285 e. The van der Waals surface area contributed by atoms with Crippen molar-refractivity contribution in [3.8, 4) is 0 Å². The molecule has 3 heteroatoms. The van der Waals surface area contributed by atoms with Gasteiger partial charge >= 0.3 is 0 Å². The van der Waals surface area contributed by atoms with E-state index in [-0.39, 0.29) is 5.41 Å². The first-order valence-corrected chi connectivity index (χ1v) is 5.83. The fourth-order valence-electron chi connectivity index (χ4n) is 1.07. The van der Waals surface area contributed by atoms with E-state index < -0.39 is 0 Å². The zero-order valence-electron chi connectivity index (χ0n) is 7.72. The summed E-state index contributed by atoms with van der Waals surface area (Å²) in [6.45, 7) is 6.60. The molecule has 2 N–H and O–H groups in total. The third-order valence-electron chi connectivity index (χ3n) is 2.16. The molecule has 0 saturated carbocycles. The molecule has 1 nitrogen and oxygen atoms in total. The van der Waals surface area contributed by atoms with Gasteiger partial charge in [-0.3, -0.25) is 0 Å². The minimum absolute atomic E-state index is 0.0320. The third-order valence-corrected chi connectivity index (χ3v) is 3.86. The molecule has 0 amide bonds. The van der Waals surface area contributed by atoms with Gasteiger partial charge in [0, 0.05) is 26.7 Å². The Kier molecular flexibility index (Phi) is 3.71. The molecule has 0 saturated heterocycles. The molecule has 0 aromatic carbocycles. The molecule has 0 radical (unpaired) electrons. The molecule has 1 atom stereocenters. The van der Waals surface area contributed by atoms with Gasteiger partial charge in [0.25, 0.3) is 0 Å². The summed E-state index contributed by atoms with van der Waals surface area (Å²) in [5, 5.41) is 2.09. The fourth-order valence-corrected chi connectivity index (χ4v) is 2.72. The minimum Gasteiger partial charge on any atom is -0.330 e. The largest absolute Gasteiger partial charge is 0.330 e. The topological polar surface area (TPSA) is 26.0 Å². The number of hydrogen-bond acceptors (Lipinski definition) is 2. The van der Waals surface area contributed by atoms with Gasteiger partial charge < -0.3 is 5.73 Å². The Morgan fingerprint density at radius 3 is 2.85 bits per heavy atom. The van der Waals surface area contributed by atoms with E-state index in [0.717, 1.165) is 10.9 Å². The van der Waals surface area contributed by atoms with Crippen LogP contribution in [0.25, 0.3) is 0 Å². The van der Waals surface area contributed by atoms with Crippen molar-refractivity contribution in [3.05, 3.63) is 33.5 Å². The molecule has 0 fully saturated rings. The quantitative estimate of drug-likeness (QED) is 0.826. The van der Waals surface area contributed by atoms with Gasteiger partial charge in [-0.1, -0.05) is 13.0 Å². The Bertz CT molecular complexity index is 295. The van der Waals surface area contributed by atoms with Gasteiger partial charge in [-0.05, 0) is 28.4 Å². The number of rotatable bonds is 4. The lowest BCUT2D eigenvalue weighted by Crippen LogP contribution is -2.26. The first-order valence-electron chi connectivity index (χ1n) is 4.16. The van der Waals surface area contributed by atoms with Gasteiger partial charge in [0.1, 0.15) is 0 Å². The summed E-state index contributed by atoms with van der Waals surface area (Å²) in [5.74, 6) is 0. The van der Waals surface area contributed by atoms with Crippen molar-refractivity contribution in [2.45, 2.75) is 13.3 Å². The normalized spacial score (nSPS) is 15.3. The van der Waals surface area contributed by atoms with Crippen molar-refractivity contribution >= 4 is 27.3 Å². The second kappa shape index (κ2) is 4.40. The van der Waals surface area contributed by atoms with E-state index in [1.807, 2.05) is 6.08 Å². The van der Waals surface area contributed by atoms with Crippen LogP contribution in [0.15, 0.2) is 28.6 Å². The molecule has 0 spiro atoms. The van der Waals surface area contributed by atoms with Crippen LogP contribution in [0.3, 0.4) is 0 Å². The Hall–Kier alpha value is -0.120. The third kappa shape index (κ3) is 2.93. The van der Waals surface area contributed by atoms with E-state index in [1.165, 1.54) is 4.88 Å². The van der Waals surface area contributed by atoms with Crippen molar-refractivity contribution < 1.29 is 0 Å². The van der Waals surface area contributed by atoms with Gasteiger partial charge in [0.15, 0.2) is 0 Å². The summed E-state index contributed by atoms with van der Waals surface area (Å²) in [6.07, 6.45) is 2.92. The monoisotopic (exact) mass is 259 g/mol. The second-order valence-corrected chi connectivity index (χ2v) is 5.38. The van der Waals surface area contributed by atoms with Crippen molar-refractivity contribution in [1.82, 2.24) is 0 Å². The molecule has 1 aromatic heterocycles. The summed E-state index contributed by atoms with van der Waals surface area (Å²) < 4.78 is 1.15. The van der Waals surface area contributed by atoms with Gasteiger partial charge in [0.05, 0.1) is 0 Å². The Balaban J connectivity index is 2.72. The van der Waals surface area contributed by atoms with Crippen molar-refractivity contribution in [1.29, 1.82) is 0 Å². The number of hydrogen-bond donors (Lipinski definition) is 1. The van der Waals surface area contributed by atoms with Crippen LogP contribution in [0.2, 0.25) is 0 Å². The van der Waals surface area contributed by atoms with Crippen LogP contribution in [-0.4, -0.2) is 6.54 Å². The Morgan fingerprint density at radius 2 is 2.46 bits per heavy atom. The molecule has 72 valence electrons. The van der Waals surface area contributed by atoms with E-state index in [0.29, 0.717) is 6.54 Å². The van der Waals surface area contributed by atoms with Crippen LogP contribution in [0.5, 0.6) is 0 Å². The minimum atomic E-state index is 0.0320. The molecule has 0 aliphatic rings. The predicted molar refractivity (Wildman–Crippen MR) is 63.1 cm³/mol. The predicted octanol–water partition coefficient (Wildman–Crippen LogP) is 3.20. The molecule has 0 aliphatic carbocycles. The smallest absolute Gasteiger partial charge is 0.0285 e. The highest BCUT2D eigenvalue weighted by Crippen LogP contribution is 2.28. The van der Waals surface area contributed by atoms with E-state index in [2.05, 4.69) is 40.9 Å². The maximum absolute atomic E-state index is 5.69. The molecule has 1 rings (SSSR count). The Morgan fingerprint density at radius 1 is 1.77 bits per heavy atom. The molecule has 0 aliphatic heterocycles. The average molecular weight is 260 g/mol. The number of thiophene rings is 1. The first kappa shape index (κ1) is 11.0. The van der Waals surface area contributed by atoms with E-state index in [4.69, 9.17) is 5.73 Å². The van der Waals surface area contributed by atoms with E-state index >= 15 is 0 Å². The van der Waals surface area contributed by atoms with Crippen LogP contribution in [0.1, 0.15) is 11.8 Å². The fraction of sp³-hybridized carbons (Fsp3) is 0.400. The molecule has 1 aromatic rings. The van der Waals surface area contributed by atoms with Crippen LogP contribution < -0.4 is 5.73 Å². The van der Waals surface area contributed by atoms with Crippen molar-refractivity contribution in [2.75, 3.05) is 6.54 Å². The van der Waals surface area contributed by atoms with Gasteiger partial charge in [-0.25, -0.2) is 0 Å². The number of halogens is 1. The summed E-state index contributed by atoms with van der Waals surface area (Å²) in [6, 6.07) is 2.14. The molecular weight excluding hydrogens is 246 g/mol. The van der Waals surface area contributed by atoms with Gasteiger partial charge in [-0.15, -0.1) is 17.9 Å². The zero-order valence-corrected chi connectivity index (χ0v) is 10.1. The highest BCUT2D eigenvalue weighted by molar-refractivity contribution is 9.10. The molecule has 13 heavy (non-hydrogen) atoms. The van der Waals surface area contributed by atoms with Crippen LogP contribution in [0.4, 0.5) is 0 Å². The summed E-state index contributed by atoms with van der Waals surface area (Å²) in [7, 11) is 0. The SMILES string of the molecule is C=CC(C)(CN)Cc1cc(Br)cs1. The summed E-state index contributed by atoms with van der Waals surface area (Å²) >= 11 is 5.19. The van der Waals surface area contributed by atoms with Gasteiger partial charge in [-0.2, -0.15) is 0 Å². The lowest BCUT2D eigenvalue weighted by molar-refractivity contribution is 0.442.